The molecule has 1 aromatic heterocycles. The summed E-state index contributed by atoms with van der Waals surface area (Å²) in [5.41, 5.74) is -0.517. The van der Waals surface area contributed by atoms with E-state index in [1.54, 1.807) is 0 Å². The first-order chi connectivity index (χ1) is 9.46. The van der Waals surface area contributed by atoms with Gasteiger partial charge < -0.3 is 10.1 Å². The molecule has 2 N–H and O–H groups in total. The van der Waals surface area contributed by atoms with Crippen LogP contribution in [-0.2, 0) is 10.0 Å². The number of nitrogens with one attached hydrogen (secondary N) is 1. The SMILES string of the molecule is O=c1[nH]cc(S(=O)(=O)N2CCCCC2CCO)cc1Cl. The Bertz CT molecular complexity index is 627. The second-order valence-corrected chi connectivity index (χ2v) is 7.09. The molecule has 0 amide bonds. The summed E-state index contributed by atoms with van der Waals surface area (Å²) >= 11 is 5.69. The van der Waals surface area contributed by atoms with E-state index in [0.29, 0.717) is 13.0 Å². The highest BCUT2D eigenvalue weighted by atomic mass is 35.5. The third-order valence-corrected chi connectivity index (χ3v) is 5.68. The lowest BCUT2D eigenvalue weighted by Gasteiger charge is -2.34. The fraction of sp³-hybridized carbons (Fsp3) is 0.583. The molecule has 2 heterocycles. The van der Waals surface area contributed by atoms with Crippen LogP contribution >= 0.6 is 11.6 Å². The normalized spacial score (nSPS) is 21.0. The number of aromatic nitrogens is 1. The van der Waals surface area contributed by atoms with Gasteiger partial charge in [0, 0.05) is 25.4 Å². The van der Waals surface area contributed by atoms with E-state index in [2.05, 4.69) is 4.98 Å². The number of hydrogen-bond donors (Lipinski definition) is 2. The molecule has 0 saturated carbocycles. The zero-order valence-electron chi connectivity index (χ0n) is 10.9. The molecule has 0 spiro atoms. The van der Waals surface area contributed by atoms with Gasteiger partial charge in [-0.1, -0.05) is 18.0 Å². The quantitative estimate of drug-likeness (QED) is 0.864. The van der Waals surface area contributed by atoms with Gasteiger partial charge >= 0.3 is 0 Å². The molecule has 1 aliphatic rings. The Hall–Kier alpha value is -0.890. The molecule has 20 heavy (non-hydrogen) atoms. The number of sulfonamides is 1. The van der Waals surface area contributed by atoms with E-state index in [-0.39, 0.29) is 22.6 Å². The second-order valence-electron chi connectivity index (χ2n) is 4.79. The van der Waals surface area contributed by atoms with Crippen LogP contribution in [0.1, 0.15) is 25.7 Å². The summed E-state index contributed by atoms with van der Waals surface area (Å²) < 4.78 is 26.6. The maximum Gasteiger partial charge on any atom is 0.266 e. The van der Waals surface area contributed by atoms with Crippen LogP contribution in [0, 0.1) is 0 Å². The minimum absolute atomic E-state index is 0.0214. The van der Waals surface area contributed by atoms with Gasteiger partial charge in [-0.2, -0.15) is 4.31 Å². The van der Waals surface area contributed by atoms with E-state index < -0.39 is 15.6 Å². The van der Waals surface area contributed by atoms with Gasteiger partial charge in [0.15, 0.2) is 0 Å². The van der Waals surface area contributed by atoms with Gasteiger partial charge in [0.05, 0.1) is 4.90 Å². The Morgan fingerprint density at radius 2 is 2.20 bits per heavy atom. The van der Waals surface area contributed by atoms with E-state index in [1.807, 2.05) is 0 Å². The van der Waals surface area contributed by atoms with Crippen LogP contribution in [0.2, 0.25) is 5.02 Å². The van der Waals surface area contributed by atoms with E-state index >= 15 is 0 Å². The van der Waals surface area contributed by atoms with Crippen LogP contribution in [0.15, 0.2) is 22.0 Å². The first kappa shape index (κ1) is 15.5. The average Bonchev–Trinajstić information content (AvgIpc) is 2.42. The molecule has 0 bridgehead atoms. The summed E-state index contributed by atoms with van der Waals surface area (Å²) in [5, 5.41) is 8.91. The Morgan fingerprint density at radius 1 is 1.45 bits per heavy atom. The number of nitrogens with zero attached hydrogens (tertiary/aromatic N) is 1. The monoisotopic (exact) mass is 320 g/mol. The zero-order valence-corrected chi connectivity index (χ0v) is 12.5. The van der Waals surface area contributed by atoms with Crippen molar-refractivity contribution < 1.29 is 13.5 Å². The molecular weight excluding hydrogens is 304 g/mol. The van der Waals surface area contributed by atoms with Gasteiger partial charge in [0.2, 0.25) is 10.0 Å². The fourth-order valence-corrected chi connectivity index (χ4v) is 4.41. The molecule has 2 rings (SSSR count). The van der Waals surface area contributed by atoms with Crippen LogP contribution < -0.4 is 5.56 Å². The third kappa shape index (κ3) is 3.06. The van der Waals surface area contributed by atoms with E-state index in [9.17, 15) is 13.2 Å². The lowest BCUT2D eigenvalue weighted by Crippen LogP contribution is -2.44. The summed E-state index contributed by atoms with van der Waals surface area (Å²) in [6, 6.07) is 0.963. The Balaban J connectivity index is 2.36. The number of aromatic amines is 1. The van der Waals surface area contributed by atoms with Crippen molar-refractivity contribution in [2.45, 2.75) is 36.6 Å². The van der Waals surface area contributed by atoms with Crippen LogP contribution in [0.5, 0.6) is 0 Å². The largest absolute Gasteiger partial charge is 0.396 e. The van der Waals surface area contributed by atoms with Gasteiger partial charge in [-0.15, -0.1) is 0 Å². The molecular formula is C12H17ClN2O4S. The summed E-state index contributed by atoms with van der Waals surface area (Å²) in [7, 11) is -3.71. The van der Waals surface area contributed by atoms with E-state index in [0.717, 1.165) is 25.5 Å². The molecule has 0 radical (unpaired) electrons. The maximum atomic E-state index is 12.6. The molecule has 6 nitrogen and oxygen atoms in total. The van der Waals surface area contributed by atoms with Crippen molar-refractivity contribution in [1.82, 2.24) is 9.29 Å². The van der Waals surface area contributed by atoms with Gasteiger partial charge in [-0.05, 0) is 25.3 Å². The molecule has 1 unspecified atom stereocenters. The van der Waals surface area contributed by atoms with Gasteiger partial charge in [0.25, 0.3) is 5.56 Å². The van der Waals surface area contributed by atoms with Crippen molar-refractivity contribution in [1.29, 1.82) is 0 Å². The lowest BCUT2D eigenvalue weighted by atomic mass is 10.0. The zero-order chi connectivity index (χ0) is 14.8. The highest BCUT2D eigenvalue weighted by Crippen LogP contribution is 2.27. The van der Waals surface area contributed by atoms with Crippen molar-refractivity contribution in [3.63, 3.8) is 0 Å². The average molecular weight is 321 g/mol. The topological polar surface area (TPSA) is 90.5 Å². The number of pyridine rings is 1. The first-order valence-electron chi connectivity index (χ1n) is 6.47. The third-order valence-electron chi connectivity index (χ3n) is 3.47. The summed E-state index contributed by atoms with van der Waals surface area (Å²) in [6.07, 6.45) is 4.04. The minimum atomic E-state index is -3.71. The van der Waals surface area contributed by atoms with Crippen molar-refractivity contribution in [2.24, 2.45) is 0 Å². The van der Waals surface area contributed by atoms with Crippen molar-refractivity contribution in [3.8, 4) is 0 Å². The first-order valence-corrected chi connectivity index (χ1v) is 8.29. The van der Waals surface area contributed by atoms with Crippen LogP contribution in [0.25, 0.3) is 0 Å². The molecule has 0 aromatic carbocycles. The fourth-order valence-electron chi connectivity index (χ4n) is 2.45. The van der Waals surface area contributed by atoms with Crippen LogP contribution in [0.4, 0.5) is 0 Å². The van der Waals surface area contributed by atoms with Crippen LogP contribution in [-0.4, -0.2) is 42.0 Å². The maximum absolute atomic E-state index is 12.6. The van der Waals surface area contributed by atoms with E-state index in [1.165, 1.54) is 10.4 Å². The minimum Gasteiger partial charge on any atom is -0.396 e. The Labute approximate surface area is 122 Å². The number of piperidine rings is 1. The number of halogens is 1. The van der Waals surface area contributed by atoms with E-state index in [4.69, 9.17) is 16.7 Å². The molecule has 1 aromatic rings. The number of H-pyrrole nitrogens is 1. The molecule has 8 heteroatoms. The van der Waals surface area contributed by atoms with Gasteiger partial charge in [0.1, 0.15) is 5.02 Å². The number of aliphatic hydroxyl groups excluding tert-OH is 1. The van der Waals surface area contributed by atoms with Crippen molar-refractivity contribution in [3.05, 3.63) is 27.6 Å². The van der Waals surface area contributed by atoms with Crippen molar-refractivity contribution in [2.75, 3.05) is 13.2 Å². The standard InChI is InChI=1S/C12H17ClN2O4S/c13-11-7-10(8-14-12(11)17)20(18,19)15-5-2-1-3-9(15)4-6-16/h7-9,16H,1-6H2,(H,14,17). The number of hydrogen-bond acceptors (Lipinski definition) is 4. The summed E-state index contributed by atoms with van der Waals surface area (Å²) in [5.74, 6) is 0. The van der Waals surface area contributed by atoms with Gasteiger partial charge in [-0.25, -0.2) is 8.42 Å². The highest BCUT2D eigenvalue weighted by Gasteiger charge is 2.33. The summed E-state index contributed by atoms with van der Waals surface area (Å²) in [6.45, 7) is 0.368. The molecule has 1 saturated heterocycles. The highest BCUT2D eigenvalue weighted by molar-refractivity contribution is 7.89. The summed E-state index contributed by atoms with van der Waals surface area (Å²) in [4.78, 5) is 13.5. The number of rotatable bonds is 4. The molecule has 1 fully saturated rings. The van der Waals surface area contributed by atoms with Gasteiger partial charge in [-0.3, -0.25) is 4.79 Å². The molecule has 0 aliphatic carbocycles. The predicted octanol–water partition coefficient (Wildman–Crippen LogP) is 0.954. The molecule has 112 valence electrons. The Morgan fingerprint density at radius 3 is 2.85 bits per heavy atom. The lowest BCUT2D eigenvalue weighted by molar-refractivity contribution is 0.192. The predicted molar refractivity (Wildman–Crippen MR) is 75.3 cm³/mol. The van der Waals surface area contributed by atoms with Crippen LogP contribution in [0.3, 0.4) is 0 Å². The van der Waals surface area contributed by atoms with Crippen molar-refractivity contribution >= 4 is 21.6 Å². The Kier molecular flexibility index (Phi) is 4.85. The smallest absolute Gasteiger partial charge is 0.266 e. The molecule has 1 aliphatic heterocycles. The number of aliphatic hydroxyl groups is 1. The second kappa shape index (κ2) is 6.26. The molecule has 1 atom stereocenters.